The van der Waals surface area contributed by atoms with Gasteiger partial charge in [0.2, 0.25) is 17.7 Å². The molecule has 1 aromatic carbocycles. The number of aromatic nitrogens is 1. The van der Waals surface area contributed by atoms with Crippen LogP contribution in [0.5, 0.6) is 5.88 Å². The van der Waals surface area contributed by atoms with Crippen LogP contribution in [0.25, 0.3) is 10.8 Å². The van der Waals surface area contributed by atoms with E-state index in [0.29, 0.717) is 18.9 Å². The summed E-state index contributed by atoms with van der Waals surface area (Å²) in [6.07, 6.45) is 6.38. The first kappa shape index (κ1) is 31.1. The molecule has 2 aromatic rings. The monoisotopic (exact) mass is 594 g/mol. The number of rotatable bonds is 7. The molecule has 3 amide bonds. The van der Waals surface area contributed by atoms with Crippen molar-refractivity contribution in [3.05, 3.63) is 36.5 Å². The molecule has 3 N–H and O–H groups in total. The zero-order valence-electron chi connectivity index (χ0n) is 25.3. The van der Waals surface area contributed by atoms with E-state index in [-0.39, 0.29) is 19.1 Å². The maximum absolute atomic E-state index is 14.2. The Bertz CT molecular complexity index is 1290. The Morgan fingerprint density at radius 2 is 1.81 bits per heavy atom. The maximum Gasteiger partial charge on any atom is 0.478 e. The minimum Gasteiger partial charge on any atom is -0.472 e. The van der Waals surface area contributed by atoms with Crippen molar-refractivity contribution in [3.8, 4) is 5.88 Å². The molecule has 1 saturated carbocycles. The van der Waals surface area contributed by atoms with E-state index in [0.717, 1.165) is 49.3 Å². The third kappa shape index (κ3) is 7.59. The second-order valence-electron chi connectivity index (χ2n) is 12.9. The lowest BCUT2D eigenvalue weighted by Crippen LogP contribution is -2.59. The molecule has 12 heteroatoms. The summed E-state index contributed by atoms with van der Waals surface area (Å²) in [4.78, 5) is 46.8. The Kier molecular flexibility index (Phi) is 9.76. The molecule has 3 aliphatic rings. The van der Waals surface area contributed by atoms with E-state index < -0.39 is 54.6 Å². The van der Waals surface area contributed by atoms with Gasteiger partial charge in [-0.05, 0) is 67.9 Å². The predicted octanol–water partition coefficient (Wildman–Crippen LogP) is 3.37. The standard InChI is InChI=1S/C31H43BN4O7/c1-31(2,3)26(35-30(39)43-21-11-5-6-12-21)29(38)36-19-22(42-28-23-13-7-4-10-20(23)15-16-33-28)18-24(36)27(37)34-25-14-8-9-17-41-32(25)40/h4,7,10,13,15-16,21-22,24-26,40H,5-6,8-9,11-12,14,17-19H2,1-3H3,(H,34,37)(H,35,39)/t22-,24+,25?,26-/m1/s1. The number of fused-ring (bicyclic) bond motifs is 1. The number of ether oxygens (including phenoxy) is 2. The Morgan fingerprint density at radius 1 is 1.07 bits per heavy atom. The molecule has 1 aromatic heterocycles. The van der Waals surface area contributed by atoms with Gasteiger partial charge in [-0.2, -0.15) is 0 Å². The van der Waals surface area contributed by atoms with Crippen LogP contribution in [0.1, 0.15) is 72.1 Å². The Morgan fingerprint density at radius 3 is 2.58 bits per heavy atom. The number of likely N-dealkylation sites (tertiary alicyclic amines) is 1. The average Bonchev–Trinajstić information content (AvgIpc) is 3.59. The topological polar surface area (TPSA) is 139 Å². The van der Waals surface area contributed by atoms with Gasteiger partial charge in [0.25, 0.3) is 0 Å². The van der Waals surface area contributed by atoms with Crippen LogP contribution in [0.3, 0.4) is 0 Å². The molecule has 5 rings (SSSR count). The molecule has 0 spiro atoms. The van der Waals surface area contributed by atoms with Gasteiger partial charge in [0.1, 0.15) is 24.3 Å². The molecule has 0 radical (unpaired) electrons. The number of hydrogen-bond donors (Lipinski definition) is 3. The number of hydrogen-bond acceptors (Lipinski definition) is 8. The molecule has 1 unspecified atom stereocenters. The van der Waals surface area contributed by atoms with E-state index in [1.807, 2.05) is 51.1 Å². The molecule has 0 bridgehead atoms. The molecule has 43 heavy (non-hydrogen) atoms. The number of alkyl carbamates (subject to hydrolysis) is 1. The van der Waals surface area contributed by atoms with Crippen LogP contribution >= 0.6 is 0 Å². The highest BCUT2D eigenvalue weighted by Gasteiger charge is 2.47. The number of amides is 3. The second-order valence-corrected chi connectivity index (χ2v) is 12.9. The Hall–Kier alpha value is -3.38. The van der Waals surface area contributed by atoms with Crippen molar-refractivity contribution in [1.82, 2.24) is 20.5 Å². The van der Waals surface area contributed by atoms with E-state index in [2.05, 4.69) is 15.6 Å². The number of nitrogens with one attached hydrogen (secondary N) is 2. The Labute approximate surface area is 253 Å². The molecule has 232 valence electrons. The van der Waals surface area contributed by atoms with E-state index in [1.165, 1.54) is 4.90 Å². The van der Waals surface area contributed by atoms with E-state index >= 15 is 0 Å². The number of benzene rings is 1. The zero-order chi connectivity index (χ0) is 30.6. The Balaban J connectivity index is 1.37. The van der Waals surface area contributed by atoms with Gasteiger partial charge >= 0.3 is 13.2 Å². The minimum atomic E-state index is -1.13. The second kappa shape index (κ2) is 13.5. The number of pyridine rings is 1. The largest absolute Gasteiger partial charge is 0.478 e. The van der Waals surface area contributed by atoms with Gasteiger partial charge in [0.05, 0.1) is 12.5 Å². The molecule has 3 heterocycles. The predicted molar refractivity (Wildman–Crippen MR) is 161 cm³/mol. The van der Waals surface area contributed by atoms with Crippen molar-refractivity contribution in [3.63, 3.8) is 0 Å². The summed E-state index contributed by atoms with van der Waals surface area (Å²) in [7, 11) is -1.13. The van der Waals surface area contributed by atoms with Crippen LogP contribution in [-0.2, 0) is 19.0 Å². The lowest BCUT2D eigenvalue weighted by Gasteiger charge is -2.35. The summed E-state index contributed by atoms with van der Waals surface area (Å²) < 4.78 is 17.4. The quantitative estimate of drug-likeness (QED) is 0.415. The molecule has 2 saturated heterocycles. The van der Waals surface area contributed by atoms with Gasteiger partial charge in [0, 0.05) is 24.6 Å². The van der Waals surface area contributed by atoms with Crippen molar-refractivity contribution in [2.75, 3.05) is 13.2 Å². The first-order valence-corrected chi connectivity index (χ1v) is 15.5. The first-order chi connectivity index (χ1) is 20.6. The molecule has 4 atom stereocenters. The fourth-order valence-electron chi connectivity index (χ4n) is 6.19. The summed E-state index contributed by atoms with van der Waals surface area (Å²) in [5.41, 5.74) is -0.672. The average molecular weight is 595 g/mol. The summed E-state index contributed by atoms with van der Waals surface area (Å²) in [6, 6.07) is 7.79. The first-order valence-electron chi connectivity index (χ1n) is 15.5. The molecular formula is C31H43BN4O7. The van der Waals surface area contributed by atoms with Crippen LogP contribution in [0.2, 0.25) is 0 Å². The van der Waals surface area contributed by atoms with E-state index in [1.54, 1.807) is 6.20 Å². The highest BCUT2D eigenvalue weighted by Crippen LogP contribution is 2.31. The maximum atomic E-state index is 14.2. The molecule has 2 aliphatic heterocycles. The van der Waals surface area contributed by atoms with Crippen molar-refractivity contribution in [1.29, 1.82) is 0 Å². The molecular weight excluding hydrogens is 551 g/mol. The van der Waals surface area contributed by atoms with E-state index in [9.17, 15) is 19.4 Å². The van der Waals surface area contributed by atoms with Crippen molar-refractivity contribution in [2.24, 2.45) is 5.41 Å². The van der Waals surface area contributed by atoms with Crippen molar-refractivity contribution >= 4 is 35.8 Å². The highest BCUT2D eigenvalue weighted by atomic mass is 16.6. The van der Waals surface area contributed by atoms with Crippen LogP contribution < -0.4 is 15.4 Å². The lowest BCUT2D eigenvalue weighted by atomic mass is 9.76. The summed E-state index contributed by atoms with van der Waals surface area (Å²) in [5.74, 6) is -0.967. The van der Waals surface area contributed by atoms with Gasteiger partial charge in [-0.25, -0.2) is 9.78 Å². The van der Waals surface area contributed by atoms with Gasteiger partial charge in [-0.15, -0.1) is 0 Å². The van der Waals surface area contributed by atoms with Gasteiger partial charge < -0.3 is 34.7 Å². The normalized spacial score (nSPS) is 24.0. The summed E-state index contributed by atoms with van der Waals surface area (Å²) in [6.45, 7) is 6.14. The SMILES string of the molecule is CC(C)(C)[C@H](NC(=O)OC1CCCC1)C(=O)N1C[C@H](Oc2nccc3ccccc23)C[C@H]1C(=O)NC1CCCCOB1O. The van der Waals surface area contributed by atoms with Crippen LogP contribution in [0.15, 0.2) is 36.5 Å². The molecule has 11 nitrogen and oxygen atoms in total. The lowest BCUT2D eigenvalue weighted by molar-refractivity contribution is -0.142. The van der Waals surface area contributed by atoms with Crippen molar-refractivity contribution in [2.45, 2.75) is 102 Å². The summed E-state index contributed by atoms with van der Waals surface area (Å²) in [5, 5.41) is 18.0. The van der Waals surface area contributed by atoms with Crippen LogP contribution in [-0.4, -0.2) is 83.3 Å². The van der Waals surface area contributed by atoms with Gasteiger partial charge in [0.15, 0.2) is 0 Å². The zero-order valence-corrected chi connectivity index (χ0v) is 25.3. The molecule has 3 fully saturated rings. The number of carbonyl (C=O) groups is 3. The van der Waals surface area contributed by atoms with Crippen LogP contribution in [0.4, 0.5) is 4.79 Å². The number of carbonyl (C=O) groups excluding carboxylic acids is 3. The third-order valence-electron chi connectivity index (χ3n) is 8.58. The van der Waals surface area contributed by atoms with Crippen LogP contribution in [0, 0.1) is 5.41 Å². The summed E-state index contributed by atoms with van der Waals surface area (Å²) >= 11 is 0. The molecule has 1 aliphatic carbocycles. The van der Waals surface area contributed by atoms with Gasteiger partial charge in [-0.3, -0.25) is 9.59 Å². The van der Waals surface area contributed by atoms with Crippen molar-refractivity contribution < 1.29 is 33.5 Å². The van der Waals surface area contributed by atoms with E-state index in [4.69, 9.17) is 14.1 Å². The third-order valence-corrected chi connectivity index (χ3v) is 8.58. The fraction of sp³-hybridized carbons (Fsp3) is 0.613. The smallest absolute Gasteiger partial charge is 0.472 e. The number of nitrogens with zero attached hydrogens (tertiary/aromatic N) is 2. The van der Waals surface area contributed by atoms with Gasteiger partial charge in [-0.1, -0.05) is 39.0 Å². The minimum absolute atomic E-state index is 0.122. The highest BCUT2D eigenvalue weighted by molar-refractivity contribution is 6.45. The fourth-order valence-corrected chi connectivity index (χ4v) is 6.19.